The molecule has 1 atom stereocenters. The van der Waals surface area contributed by atoms with Gasteiger partial charge in [-0.2, -0.15) is 4.98 Å². The number of ether oxygens (including phenoxy) is 1. The molecule has 1 fully saturated rings. The quantitative estimate of drug-likeness (QED) is 0.770. The van der Waals surface area contributed by atoms with Crippen LogP contribution in [0.5, 0.6) is 0 Å². The van der Waals surface area contributed by atoms with Gasteiger partial charge in [0.15, 0.2) is 0 Å². The molecule has 1 aliphatic carbocycles. The third kappa shape index (κ3) is 3.78. The maximum atomic E-state index is 5.65. The molecule has 0 radical (unpaired) electrons. The van der Waals surface area contributed by atoms with Gasteiger partial charge in [0, 0.05) is 6.61 Å². The average Bonchev–Trinajstić information content (AvgIpc) is 3.04. The molecule has 1 N–H and O–H groups in total. The van der Waals surface area contributed by atoms with Crippen LogP contribution in [0.2, 0.25) is 0 Å². The molecule has 102 valence electrons. The Bertz CT molecular complexity index is 361. The second kappa shape index (κ2) is 6.29. The summed E-state index contributed by atoms with van der Waals surface area (Å²) >= 11 is 0. The van der Waals surface area contributed by atoms with Crippen LogP contribution in [0.3, 0.4) is 0 Å². The Balaban J connectivity index is 1.86. The van der Waals surface area contributed by atoms with Crippen LogP contribution in [0.25, 0.3) is 0 Å². The highest BCUT2D eigenvalue weighted by atomic mass is 16.5. The van der Waals surface area contributed by atoms with Gasteiger partial charge in [-0.25, -0.2) is 0 Å². The molecule has 5 heteroatoms. The minimum absolute atomic E-state index is 0.0732. The minimum atomic E-state index is -0.0732. The minimum Gasteiger partial charge on any atom is -0.370 e. The lowest BCUT2D eigenvalue weighted by Gasteiger charge is -2.16. The Morgan fingerprint density at radius 3 is 2.83 bits per heavy atom. The molecule has 1 aromatic heterocycles. The molecule has 0 spiro atoms. The molecule has 1 aliphatic rings. The van der Waals surface area contributed by atoms with Crippen molar-refractivity contribution in [1.82, 2.24) is 15.5 Å². The van der Waals surface area contributed by atoms with E-state index in [-0.39, 0.29) is 6.10 Å². The van der Waals surface area contributed by atoms with Gasteiger partial charge in [0.05, 0.1) is 6.54 Å². The van der Waals surface area contributed by atoms with Crippen LogP contribution in [-0.2, 0) is 11.3 Å². The zero-order chi connectivity index (χ0) is 13.0. The summed E-state index contributed by atoms with van der Waals surface area (Å²) in [4.78, 5) is 4.40. The smallest absolute Gasteiger partial charge is 0.240 e. The predicted octanol–water partition coefficient (Wildman–Crippen LogP) is 2.30. The lowest BCUT2D eigenvalue weighted by Crippen LogP contribution is -2.17. The number of aromatic nitrogens is 2. The Hall–Kier alpha value is -0.940. The summed E-state index contributed by atoms with van der Waals surface area (Å²) in [7, 11) is 0. The lowest BCUT2D eigenvalue weighted by molar-refractivity contribution is 0.0217. The normalized spacial score (nSPS) is 17.3. The van der Waals surface area contributed by atoms with Gasteiger partial charge in [0.2, 0.25) is 11.7 Å². The maximum absolute atomic E-state index is 5.65. The van der Waals surface area contributed by atoms with E-state index in [1.807, 2.05) is 6.92 Å². The fraction of sp³-hybridized carbons (Fsp3) is 0.846. The molecule has 2 rings (SSSR count). The highest BCUT2D eigenvalue weighted by molar-refractivity contribution is 4.93. The van der Waals surface area contributed by atoms with Crippen LogP contribution in [0.4, 0.5) is 0 Å². The zero-order valence-electron chi connectivity index (χ0n) is 11.5. The van der Waals surface area contributed by atoms with E-state index < -0.39 is 0 Å². The Kier molecular flexibility index (Phi) is 4.72. The largest absolute Gasteiger partial charge is 0.370 e. The first-order valence-corrected chi connectivity index (χ1v) is 6.85. The van der Waals surface area contributed by atoms with Crippen molar-refractivity contribution in [3.8, 4) is 0 Å². The highest BCUT2D eigenvalue weighted by Gasteiger charge is 2.23. The molecule has 0 saturated heterocycles. The summed E-state index contributed by atoms with van der Waals surface area (Å²) in [6.45, 7) is 8.54. The summed E-state index contributed by atoms with van der Waals surface area (Å²) < 4.78 is 10.9. The first-order valence-electron chi connectivity index (χ1n) is 6.85. The fourth-order valence-electron chi connectivity index (χ4n) is 1.91. The van der Waals surface area contributed by atoms with Gasteiger partial charge in [-0.05, 0) is 38.1 Å². The van der Waals surface area contributed by atoms with E-state index in [4.69, 9.17) is 9.26 Å². The monoisotopic (exact) mass is 253 g/mol. The van der Waals surface area contributed by atoms with E-state index >= 15 is 0 Å². The molecule has 0 aliphatic heterocycles. The van der Waals surface area contributed by atoms with E-state index in [2.05, 4.69) is 29.3 Å². The molecule has 1 aromatic rings. The molecule has 1 heterocycles. The van der Waals surface area contributed by atoms with Crippen molar-refractivity contribution in [1.29, 1.82) is 0 Å². The second-order valence-electron chi connectivity index (χ2n) is 5.24. The van der Waals surface area contributed by atoms with Crippen molar-refractivity contribution in [2.45, 2.75) is 46.3 Å². The molecular formula is C13H23N3O2. The molecular weight excluding hydrogens is 230 g/mol. The van der Waals surface area contributed by atoms with Gasteiger partial charge in [-0.15, -0.1) is 0 Å². The predicted molar refractivity (Wildman–Crippen MR) is 67.9 cm³/mol. The van der Waals surface area contributed by atoms with Crippen LogP contribution in [0, 0.1) is 11.8 Å². The highest BCUT2D eigenvalue weighted by Crippen LogP contribution is 2.27. The van der Waals surface area contributed by atoms with Crippen LogP contribution >= 0.6 is 0 Å². The SMILES string of the molecule is CCOC(c1noc(CNCC2CC2)n1)C(C)C. The number of rotatable bonds is 8. The summed E-state index contributed by atoms with van der Waals surface area (Å²) in [6.07, 6.45) is 2.62. The summed E-state index contributed by atoms with van der Waals surface area (Å²) in [5.41, 5.74) is 0. The van der Waals surface area contributed by atoms with Gasteiger partial charge < -0.3 is 14.6 Å². The second-order valence-corrected chi connectivity index (χ2v) is 5.24. The Labute approximate surface area is 108 Å². The fourth-order valence-corrected chi connectivity index (χ4v) is 1.91. The van der Waals surface area contributed by atoms with Gasteiger partial charge in [0.1, 0.15) is 6.10 Å². The van der Waals surface area contributed by atoms with Gasteiger partial charge in [-0.3, -0.25) is 0 Å². The van der Waals surface area contributed by atoms with E-state index in [9.17, 15) is 0 Å². The van der Waals surface area contributed by atoms with Gasteiger partial charge in [-0.1, -0.05) is 19.0 Å². The van der Waals surface area contributed by atoms with E-state index in [1.165, 1.54) is 12.8 Å². The molecule has 5 nitrogen and oxygen atoms in total. The summed E-state index contributed by atoms with van der Waals surface area (Å²) in [6, 6.07) is 0. The Morgan fingerprint density at radius 2 is 2.22 bits per heavy atom. The average molecular weight is 253 g/mol. The van der Waals surface area contributed by atoms with Gasteiger partial charge >= 0.3 is 0 Å². The maximum Gasteiger partial charge on any atom is 0.240 e. The number of nitrogens with one attached hydrogen (secondary N) is 1. The first-order chi connectivity index (χ1) is 8.70. The molecule has 0 bridgehead atoms. The standard InChI is InChI=1S/C13H23N3O2/c1-4-17-12(9(2)3)13-15-11(18-16-13)8-14-7-10-5-6-10/h9-10,12,14H,4-8H2,1-3H3. The van der Waals surface area contributed by atoms with E-state index in [1.54, 1.807) is 0 Å². The number of nitrogens with zero attached hydrogens (tertiary/aromatic N) is 2. The summed E-state index contributed by atoms with van der Waals surface area (Å²) in [5, 5.41) is 7.36. The lowest BCUT2D eigenvalue weighted by atomic mass is 10.1. The van der Waals surface area contributed by atoms with E-state index in [0.717, 1.165) is 12.5 Å². The Morgan fingerprint density at radius 1 is 1.44 bits per heavy atom. The van der Waals surface area contributed by atoms with E-state index in [0.29, 0.717) is 30.8 Å². The van der Waals surface area contributed by atoms with Crippen molar-refractivity contribution in [3.63, 3.8) is 0 Å². The third-order valence-corrected chi connectivity index (χ3v) is 3.10. The van der Waals surface area contributed by atoms with Crippen molar-refractivity contribution >= 4 is 0 Å². The van der Waals surface area contributed by atoms with Crippen molar-refractivity contribution in [2.75, 3.05) is 13.2 Å². The summed E-state index contributed by atoms with van der Waals surface area (Å²) in [5.74, 6) is 2.51. The number of hydrogen-bond donors (Lipinski definition) is 1. The van der Waals surface area contributed by atoms with Crippen LogP contribution in [-0.4, -0.2) is 23.3 Å². The number of hydrogen-bond acceptors (Lipinski definition) is 5. The van der Waals surface area contributed by atoms with Crippen LogP contribution in [0.1, 0.15) is 51.4 Å². The van der Waals surface area contributed by atoms with Crippen molar-refractivity contribution in [2.24, 2.45) is 11.8 Å². The molecule has 1 saturated carbocycles. The van der Waals surface area contributed by atoms with Crippen molar-refractivity contribution < 1.29 is 9.26 Å². The zero-order valence-corrected chi connectivity index (χ0v) is 11.5. The van der Waals surface area contributed by atoms with Crippen LogP contribution < -0.4 is 5.32 Å². The third-order valence-electron chi connectivity index (χ3n) is 3.10. The van der Waals surface area contributed by atoms with Gasteiger partial charge in [0.25, 0.3) is 0 Å². The molecule has 0 amide bonds. The van der Waals surface area contributed by atoms with Crippen molar-refractivity contribution in [3.05, 3.63) is 11.7 Å². The molecule has 0 aromatic carbocycles. The molecule has 1 unspecified atom stereocenters. The first kappa shape index (κ1) is 13.5. The van der Waals surface area contributed by atoms with Crippen LogP contribution in [0.15, 0.2) is 4.52 Å². The topological polar surface area (TPSA) is 60.2 Å². The molecule has 18 heavy (non-hydrogen) atoms.